The third kappa shape index (κ3) is 3.51. The summed E-state index contributed by atoms with van der Waals surface area (Å²) in [5, 5.41) is 0. The summed E-state index contributed by atoms with van der Waals surface area (Å²) in [6, 6.07) is 0.797. The zero-order chi connectivity index (χ0) is 9.68. The molecule has 0 N–H and O–H groups in total. The Kier molecular flexibility index (Phi) is 4.51. The van der Waals surface area contributed by atoms with Gasteiger partial charge in [0.15, 0.2) is 0 Å². The van der Waals surface area contributed by atoms with Crippen LogP contribution in [0.25, 0.3) is 0 Å². The average molecular weight is 181 g/mol. The summed E-state index contributed by atoms with van der Waals surface area (Å²) in [5.41, 5.74) is 1.71. The second-order valence-corrected chi connectivity index (χ2v) is 4.36. The minimum absolute atomic E-state index is 0.797. The van der Waals surface area contributed by atoms with Crippen molar-refractivity contribution in [2.45, 2.75) is 51.5 Å². The first-order chi connectivity index (χ1) is 6.24. The van der Waals surface area contributed by atoms with E-state index in [1.54, 1.807) is 5.57 Å². The molecule has 0 bridgehead atoms. The van der Waals surface area contributed by atoms with Gasteiger partial charge in [-0.05, 0) is 46.2 Å². The third-order valence-electron chi connectivity index (χ3n) is 3.06. The van der Waals surface area contributed by atoms with Crippen molar-refractivity contribution in [2.75, 3.05) is 14.1 Å². The van der Waals surface area contributed by atoms with Gasteiger partial charge in [-0.25, -0.2) is 0 Å². The van der Waals surface area contributed by atoms with E-state index < -0.39 is 0 Å². The number of hydrogen-bond donors (Lipinski definition) is 0. The van der Waals surface area contributed by atoms with Crippen molar-refractivity contribution in [3.63, 3.8) is 0 Å². The van der Waals surface area contributed by atoms with Gasteiger partial charge >= 0.3 is 0 Å². The van der Waals surface area contributed by atoms with Crippen LogP contribution in [-0.4, -0.2) is 25.0 Å². The Morgan fingerprint density at radius 2 is 2.23 bits per heavy atom. The standard InChI is InChI=1S/C12H23N/c1-4-5-6-11-7-9-12(10-8-11)13(2)3/h7,12H,4-6,8-10H2,1-3H3. The van der Waals surface area contributed by atoms with Gasteiger partial charge in [0.05, 0.1) is 0 Å². The van der Waals surface area contributed by atoms with E-state index in [1.807, 2.05) is 0 Å². The van der Waals surface area contributed by atoms with Crippen LogP contribution in [0.2, 0.25) is 0 Å². The third-order valence-corrected chi connectivity index (χ3v) is 3.06. The van der Waals surface area contributed by atoms with Gasteiger partial charge in [0.1, 0.15) is 0 Å². The monoisotopic (exact) mass is 181 g/mol. The van der Waals surface area contributed by atoms with E-state index in [4.69, 9.17) is 0 Å². The molecule has 0 aromatic rings. The van der Waals surface area contributed by atoms with Gasteiger partial charge in [0.25, 0.3) is 0 Å². The van der Waals surface area contributed by atoms with Crippen LogP contribution >= 0.6 is 0 Å². The Bertz CT molecular complexity index is 170. The molecule has 0 saturated heterocycles. The van der Waals surface area contributed by atoms with E-state index in [-0.39, 0.29) is 0 Å². The Labute approximate surface area is 82.8 Å². The Balaban J connectivity index is 2.30. The highest BCUT2D eigenvalue weighted by Gasteiger charge is 2.15. The maximum absolute atomic E-state index is 2.48. The maximum atomic E-state index is 2.48. The lowest BCUT2D eigenvalue weighted by Gasteiger charge is -2.27. The molecule has 76 valence electrons. The molecular formula is C12H23N. The molecular weight excluding hydrogens is 158 g/mol. The molecule has 0 amide bonds. The molecule has 0 heterocycles. The quantitative estimate of drug-likeness (QED) is 0.602. The SMILES string of the molecule is CCCCC1=CCC(N(C)C)CC1. The first-order valence-electron chi connectivity index (χ1n) is 5.58. The molecule has 1 nitrogen and oxygen atoms in total. The fourth-order valence-electron chi connectivity index (χ4n) is 1.97. The zero-order valence-electron chi connectivity index (χ0n) is 9.34. The molecule has 1 unspecified atom stereocenters. The lowest BCUT2D eigenvalue weighted by Crippen LogP contribution is -2.29. The van der Waals surface area contributed by atoms with Crippen LogP contribution in [0, 0.1) is 0 Å². The highest BCUT2D eigenvalue weighted by atomic mass is 15.1. The Hall–Kier alpha value is -0.300. The van der Waals surface area contributed by atoms with Gasteiger partial charge in [0.2, 0.25) is 0 Å². The van der Waals surface area contributed by atoms with Crippen LogP contribution in [0.3, 0.4) is 0 Å². The van der Waals surface area contributed by atoms with Gasteiger partial charge in [-0.15, -0.1) is 0 Å². The van der Waals surface area contributed by atoms with Crippen LogP contribution in [0.5, 0.6) is 0 Å². The smallest absolute Gasteiger partial charge is 0.0127 e. The molecule has 1 atom stereocenters. The molecule has 1 aliphatic carbocycles. The van der Waals surface area contributed by atoms with Crippen LogP contribution in [0.1, 0.15) is 45.4 Å². The fourth-order valence-corrected chi connectivity index (χ4v) is 1.97. The predicted molar refractivity (Wildman–Crippen MR) is 58.9 cm³/mol. The van der Waals surface area contributed by atoms with E-state index in [0.717, 1.165) is 6.04 Å². The molecule has 1 rings (SSSR count). The molecule has 0 radical (unpaired) electrons. The van der Waals surface area contributed by atoms with E-state index in [1.165, 1.54) is 38.5 Å². The highest BCUT2D eigenvalue weighted by Crippen LogP contribution is 2.24. The van der Waals surface area contributed by atoms with Crippen molar-refractivity contribution in [1.29, 1.82) is 0 Å². The number of hydrogen-bond acceptors (Lipinski definition) is 1. The van der Waals surface area contributed by atoms with Gasteiger partial charge in [-0.2, -0.15) is 0 Å². The fraction of sp³-hybridized carbons (Fsp3) is 0.833. The Morgan fingerprint density at radius 1 is 1.46 bits per heavy atom. The summed E-state index contributed by atoms with van der Waals surface area (Å²) in [6.07, 6.45) is 10.5. The van der Waals surface area contributed by atoms with Crippen LogP contribution in [-0.2, 0) is 0 Å². The van der Waals surface area contributed by atoms with Crippen molar-refractivity contribution >= 4 is 0 Å². The molecule has 0 aliphatic heterocycles. The van der Waals surface area contributed by atoms with Crippen molar-refractivity contribution in [1.82, 2.24) is 4.90 Å². The first-order valence-corrected chi connectivity index (χ1v) is 5.58. The number of allylic oxidation sites excluding steroid dienone is 1. The largest absolute Gasteiger partial charge is 0.306 e. The van der Waals surface area contributed by atoms with E-state index in [2.05, 4.69) is 32.0 Å². The summed E-state index contributed by atoms with van der Waals surface area (Å²) in [4.78, 5) is 2.35. The van der Waals surface area contributed by atoms with E-state index in [9.17, 15) is 0 Å². The van der Waals surface area contributed by atoms with Crippen LogP contribution in [0.4, 0.5) is 0 Å². The lowest BCUT2D eigenvalue weighted by molar-refractivity contribution is 0.271. The second kappa shape index (κ2) is 5.43. The predicted octanol–water partition coefficient (Wildman–Crippen LogP) is 3.22. The molecule has 1 heteroatoms. The molecule has 0 aromatic carbocycles. The summed E-state index contributed by atoms with van der Waals surface area (Å²) in [5.74, 6) is 0. The van der Waals surface area contributed by atoms with Crippen molar-refractivity contribution in [2.24, 2.45) is 0 Å². The maximum Gasteiger partial charge on any atom is 0.0127 e. The van der Waals surface area contributed by atoms with Crippen LogP contribution < -0.4 is 0 Å². The average Bonchev–Trinajstić information content (AvgIpc) is 2.15. The molecule has 0 fully saturated rings. The Morgan fingerprint density at radius 3 is 2.69 bits per heavy atom. The topological polar surface area (TPSA) is 3.24 Å². The molecule has 1 aliphatic rings. The number of nitrogens with zero attached hydrogens (tertiary/aromatic N) is 1. The van der Waals surface area contributed by atoms with Crippen LogP contribution in [0.15, 0.2) is 11.6 Å². The van der Waals surface area contributed by atoms with Gasteiger partial charge in [0, 0.05) is 6.04 Å². The van der Waals surface area contributed by atoms with E-state index in [0.29, 0.717) is 0 Å². The molecule has 13 heavy (non-hydrogen) atoms. The summed E-state index contributed by atoms with van der Waals surface area (Å²) in [7, 11) is 4.38. The zero-order valence-corrected chi connectivity index (χ0v) is 9.34. The minimum atomic E-state index is 0.797. The molecule has 0 aromatic heterocycles. The summed E-state index contributed by atoms with van der Waals surface area (Å²) < 4.78 is 0. The summed E-state index contributed by atoms with van der Waals surface area (Å²) in [6.45, 7) is 2.27. The van der Waals surface area contributed by atoms with Gasteiger partial charge in [-0.3, -0.25) is 0 Å². The lowest BCUT2D eigenvalue weighted by atomic mass is 9.92. The van der Waals surface area contributed by atoms with Crippen molar-refractivity contribution < 1.29 is 0 Å². The van der Waals surface area contributed by atoms with Crippen molar-refractivity contribution in [3.8, 4) is 0 Å². The minimum Gasteiger partial charge on any atom is -0.306 e. The van der Waals surface area contributed by atoms with Crippen molar-refractivity contribution in [3.05, 3.63) is 11.6 Å². The van der Waals surface area contributed by atoms with E-state index >= 15 is 0 Å². The van der Waals surface area contributed by atoms with Gasteiger partial charge in [-0.1, -0.05) is 25.0 Å². The number of unbranched alkanes of at least 4 members (excludes halogenated alkanes) is 1. The normalized spacial score (nSPS) is 23.4. The summed E-state index contributed by atoms with van der Waals surface area (Å²) >= 11 is 0. The van der Waals surface area contributed by atoms with Gasteiger partial charge < -0.3 is 4.90 Å². The molecule has 0 spiro atoms. The molecule has 0 saturated carbocycles. The first kappa shape index (κ1) is 10.8. The number of rotatable bonds is 4. The second-order valence-electron chi connectivity index (χ2n) is 4.36. The highest BCUT2D eigenvalue weighted by molar-refractivity contribution is 5.07.